The van der Waals surface area contributed by atoms with Crippen LogP contribution in [-0.4, -0.2) is 17.7 Å². The second kappa shape index (κ2) is 7.94. The molecule has 22 heavy (non-hydrogen) atoms. The van der Waals surface area contributed by atoms with Gasteiger partial charge in [0, 0.05) is 11.8 Å². The van der Waals surface area contributed by atoms with E-state index < -0.39 is 6.09 Å². The maximum Gasteiger partial charge on any atom is 0.412 e. The van der Waals surface area contributed by atoms with Gasteiger partial charge in [0.15, 0.2) is 5.82 Å². The normalized spacial score (nSPS) is 9.50. The molecule has 118 valence electrons. The molecule has 2 rings (SSSR count). The van der Waals surface area contributed by atoms with Crippen molar-refractivity contribution >= 4 is 47.2 Å². The van der Waals surface area contributed by atoms with E-state index in [9.17, 15) is 4.79 Å². The number of aromatic nitrogens is 1. The minimum Gasteiger partial charge on any atom is -0.450 e. The lowest BCUT2D eigenvalue weighted by Crippen LogP contribution is -2.15. The van der Waals surface area contributed by atoms with Crippen LogP contribution in [0.4, 0.5) is 33.5 Å². The van der Waals surface area contributed by atoms with E-state index >= 15 is 0 Å². The predicted octanol–water partition coefficient (Wildman–Crippen LogP) is 2.98. The van der Waals surface area contributed by atoms with Crippen LogP contribution in [0, 0.1) is 0 Å². The monoisotopic (exact) mass is 323 g/mol. The van der Waals surface area contributed by atoms with Gasteiger partial charge in [-0.1, -0.05) is 18.2 Å². The number of anilines is 5. The van der Waals surface area contributed by atoms with Crippen LogP contribution in [-0.2, 0) is 4.74 Å². The number of hydrogen-bond donors (Lipinski definition) is 4. The van der Waals surface area contributed by atoms with Gasteiger partial charge in [-0.05, 0) is 19.1 Å². The number of amides is 1. The summed E-state index contributed by atoms with van der Waals surface area (Å²) in [4.78, 5) is 15.4. The van der Waals surface area contributed by atoms with Crippen LogP contribution in [0.3, 0.4) is 0 Å². The lowest BCUT2D eigenvalue weighted by atomic mass is 10.2. The zero-order valence-corrected chi connectivity index (χ0v) is 12.8. The van der Waals surface area contributed by atoms with Crippen LogP contribution in [0.2, 0.25) is 0 Å². The number of ether oxygens (including phenoxy) is 1. The fraction of sp³-hybridized carbons (Fsp3) is 0.143. The van der Waals surface area contributed by atoms with Crippen molar-refractivity contribution in [2.45, 2.75) is 6.92 Å². The number of nitrogen functional groups attached to an aromatic ring is 2. The summed E-state index contributed by atoms with van der Waals surface area (Å²) in [6, 6.07) is 11.0. The van der Waals surface area contributed by atoms with Crippen molar-refractivity contribution in [1.29, 1.82) is 0 Å². The van der Waals surface area contributed by atoms with Crippen LogP contribution in [0.5, 0.6) is 0 Å². The van der Waals surface area contributed by atoms with Crippen LogP contribution in [0.15, 0.2) is 36.4 Å². The van der Waals surface area contributed by atoms with Crippen molar-refractivity contribution < 1.29 is 9.53 Å². The highest BCUT2D eigenvalue weighted by Gasteiger charge is 2.10. The molecule has 8 heteroatoms. The number of nitrogens with one attached hydrogen (secondary N) is 2. The molecule has 1 aromatic heterocycles. The Kier molecular flexibility index (Phi) is 6.27. The Balaban J connectivity index is 0.00000242. The highest BCUT2D eigenvalue weighted by molar-refractivity contribution is 5.88. The van der Waals surface area contributed by atoms with E-state index in [-0.39, 0.29) is 30.6 Å². The number of rotatable bonds is 4. The fourth-order valence-electron chi connectivity index (χ4n) is 1.69. The average molecular weight is 324 g/mol. The molecule has 0 aliphatic carbocycles. The maximum absolute atomic E-state index is 11.4. The van der Waals surface area contributed by atoms with Crippen molar-refractivity contribution in [2.24, 2.45) is 0 Å². The molecule has 0 atom stereocenters. The van der Waals surface area contributed by atoms with E-state index in [1.165, 1.54) is 0 Å². The number of carbonyl (C=O) groups is 1. The van der Waals surface area contributed by atoms with Gasteiger partial charge in [-0.2, -0.15) is 0 Å². The summed E-state index contributed by atoms with van der Waals surface area (Å²) in [7, 11) is 0. The molecule has 0 unspecified atom stereocenters. The summed E-state index contributed by atoms with van der Waals surface area (Å²) >= 11 is 0. The van der Waals surface area contributed by atoms with Gasteiger partial charge in [0.2, 0.25) is 0 Å². The van der Waals surface area contributed by atoms with Crippen molar-refractivity contribution in [3.63, 3.8) is 0 Å². The van der Waals surface area contributed by atoms with Gasteiger partial charge in [0.1, 0.15) is 5.82 Å². The largest absolute Gasteiger partial charge is 0.450 e. The van der Waals surface area contributed by atoms with Crippen LogP contribution in [0.1, 0.15) is 6.92 Å². The molecule has 0 saturated carbocycles. The van der Waals surface area contributed by atoms with Gasteiger partial charge < -0.3 is 21.5 Å². The fourth-order valence-corrected chi connectivity index (χ4v) is 1.69. The molecule has 0 bridgehead atoms. The zero-order chi connectivity index (χ0) is 15.2. The lowest BCUT2D eigenvalue weighted by molar-refractivity contribution is 0.168. The highest BCUT2D eigenvalue weighted by atomic mass is 35.5. The number of nitrogens with zero attached hydrogens (tertiary/aromatic N) is 1. The molecule has 0 fully saturated rings. The predicted molar refractivity (Wildman–Crippen MR) is 90.7 cm³/mol. The molecule has 1 aromatic carbocycles. The molecule has 6 N–H and O–H groups in total. The number of nitrogens with two attached hydrogens (primary N) is 2. The van der Waals surface area contributed by atoms with Gasteiger partial charge in [-0.25, -0.2) is 9.78 Å². The van der Waals surface area contributed by atoms with Crippen molar-refractivity contribution in [3.8, 4) is 0 Å². The van der Waals surface area contributed by atoms with Gasteiger partial charge >= 0.3 is 6.09 Å². The number of halogens is 1. The van der Waals surface area contributed by atoms with E-state index in [0.717, 1.165) is 5.69 Å². The first-order valence-corrected chi connectivity index (χ1v) is 6.42. The number of hydrogen-bond acceptors (Lipinski definition) is 6. The van der Waals surface area contributed by atoms with Crippen molar-refractivity contribution in [3.05, 3.63) is 36.4 Å². The molecule has 0 spiro atoms. The Labute approximate surface area is 134 Å². The third-order valence-electron chi connectivity index (χ3n) is 2.65. The quantitative estimate of drug-likeness (QED) is 0.687. The lowest BCUT2D eigenvalue weighted by Gasteiger charge is -2.13. The summed E-state index contributed by atoms with van der Waals surface area (Å²) < 4.78 is 4.79. The van der Waals surface area contributed by atoms with Crippen LogP contribution < -0.4 is 22.1 Å². The third-order valence-corrected chi connectivity index (χ3v) is 2.65. The molecular weight excluding hydrogens is 306 g/mol. The van der Waals surface area contributed by atoms with Crippen molar-refractivity contribution in [1.82, 2.24) is 4.98 Å². The Bertz CT molecular complexity index is 637. The summed E-state index contributed by atoms with van der Waals surface area (Å²) in [6.45, 7) is 1.98. The minimum absolute atomic E-state index is 0. The molecule has 0 aliphatic heterocycles. The molecule has 7 nitrogen and oxygen atoms in total. The SMILES string of the molecule is CCOC(=O)Nc1cc(Nc2ccccc2)c(N)c(N)n1.Cl. The molecule has 0 radical (unpaired) electrons. The highest BCUT2D eigenvalue weighted by Crippen LogP contribution is 2.29. The molecular formula is C14H18ClN5O2. The minimum atomic E-state index is -0.597. The zero-order valence-electron chi connectivity index (χ0n) is 12.0. The van der Waals surface area contributed by atoms with E-state index in [4.69, 9.17) is 16.2 Å². The number of para-hydroxylation sites is 1. The topological polar surface area (TPSA) is 115 Å². The average Bonchev–Trinajstić information content (AvgIpc) is 2.45. The van der Waals surface area contributed by atoms with Crippen LogP contribution in [0.25, 0.3) is 0 Å². The first kappa shape index (κ1) is 17.4. The number of pyridine rings is 1. The Morgan fingerprint density at radius 1 is 1.27 bits per heavy atom. The standard InChI is InChI=1S/C14H17N5O2.ClH/c1-2-21-14(20)19-11-8-10(12(15)13(16)18-11)17-9-6-4-3-5-7-9;/h3-8H,2,15H2,1H3,(H4,16,17,18,19,20);1H. The Morgan fingerprint density at radius 2 is 1.95 bits per heavy atom. The second-order valence-electron chi connectivity index (χ2n) is 4.19. The van der Waals surface area contributed by atoms with E-state index in [0.29, 0.717) is 11.4 Å². The first-order valence-electron chi connectivity index (χ1n) is 6.42. The van der Waals surface area contributed by atoms with Crippen LogP contribution >= 0.6 is 12.4 Å². The van der Waals surface area contributed by atoms with E-state index in [2.05, 4.69) is 15.6 Å². The summed E-state index contributed by atoms with van der Waals surface area (Å²) in [6.07, 6.45) is -0.597. The Morgan fingerprint density at radius 3 is 2.59 bits per heavy atom. The maximum atomic E-state index is 11.4. The molecule has 2 aromatic rings. The second-order valence-corrected chi connectivity index (χ2v) is 4.19. The van der Waals surface area contributed by atoms with Gasteiger partial charge in [0.05, 0.1) is 18.0 Å². The van der Waals surface area contributed by atoms with E-state index in [1.54, 1.807) is 13.0 Å². The smallest absolute Gasteiger partial charge is 0.412 e. The van der Waals surface area contributed by atoms with Gasteiger partial charge in [-0.3, -0.25) is 5.32 Å². The molecule has 1 amide bonds. The van der Waals surface area contributed by atoms with Gasteiger partial charge in [0.25, 0.3) is 0 Å². The molecule has 0 aliphatic rings. The third kappa shape index (κ3) is 4.42. The first-order chi connectivity index (χ1) is 10.1. The Hall–Kier alpha value is -2.67. The summed E-state index contributed by atoms with van der Waals surface area (Å²) in [5, 5.41) is 5.61. The molecule has 1 heterocycles. The number of benzene rings is 1. The van der Waals surface area contributed by atoms with Gasteiger partial charge in [-0.15, -0.1) is 12.4 Å². The van der Waals surface area contributed by atoms with Crippen molar-refractivity contribution in [2.75, 3.05) is 28.7 Å². The molecule has 0 saturated heterocycles. The summed E-state index contributed by atoms with van der Waals surface area (Å²) in [5.74, 6) is 0.390. The number of carbonyl (C=O) groups excluding carboxylic acids is 1. The van der Waals surface area contributed by atoms with E-state index in [1.807, 2.05) is 30.3 Å². The summed E-state index contributed by atoms with van der Waals surface area (Å²) in [5.41, 5.74) is 13.4.